The van der Waals surface area contributed by atoms with Gasteiger partial charge < -0.3 is 16.4 Å². The van der Waals surface area contributed by atoms with E-state index in [-0.39, 0.29) is 41.8 Å². The number of carbonyl (C=O) groups is 2. The summed E-state index contributed by atoms with van der Waals surface area (Å²) in [5, 5.41) is 5.89. The van der Waals surface area contributed by atoms with E-state index in [1.807, 2.05) is 49.4 Å². The molecule has 4 rings (SSSR count). The third-order valence-corrected chi connectivity index (χ3v) is 5.28. The van der Waals surface area contributed by atoms with Crippen LogP contribution in [0.2, 0.25) is 0 Å². The van der Waals surface area contributed by atoms with Crippen LogP contribution < -0.4 is 21.3 Å². The van der Waals surface area contributed by atoms with Crippen molar-refractivity contribution in [2.45, 2.75) is 31.8 Å². The van der Waals surface area contributed by atoms with Gasteiger partial charge in [-0.25, -0.2) is 14.7 Å². The fourth-order valence-corrected chi connectivity index (χ4v) is 3.46. The number of benzene rings is 2. The number of urea groups is 1. The van der Waals surface area contributed by atoms with Crippen molar-refractivity contribution in [2.75, 3.05) is 10.2 Å². The first-order valence-electron chi connectivity index (χ1n) is 9.35. The van der Waals surface area contributed by atoms with E-state index in [1.54, 1.807) is 12.1 Å². The molecule has 7 nitrogen and oxygen atoms in total. The zero-order chi connectivity index (χ0) is 19.7. The average Bonchev–Trinajstić information content (AvgIpc) is 3.51. The zero-order valence-corrected chi connectivity index (χ0v) is 18.4. The first kappa shape index (κ1) is 21.1. The van der Waals surface area contributed by atoms with Crippen LogP contribution in [-0.4, -0.2) is 23.4 Å². The Hall–Kier alpha value is -2.62. The molecule has 29 heavy (non-hydrogen) atoms. The van der Waals surface area contributed by atoms with Crippen LogP contribution in [0, 0.1) is 5.92 Å². The number of hydrogen-bond donors (Lipinski definition) is 3. The summed E-state index contributed by atoms with van der Waals surface area (Å²) in [7, 11) is 0. The van der Waals surface area contributed by atoms with Gasteiger partial charge in [0.2, 0.25) is 0 Å². The number of hydrogen-bond acceptors (Lipinski definition) is 3. The molecule has 1 saturated heterocycles. The van der Waals surface area contributed by atoms with Crippen molar-refractivity contribution in [2.24, 2.45) is 16.6 Å². The lowest BCUT2D eigenvalue weighted by Crippen LogP contribution is -2.46. The molecule has 0 radical (unpaired) electrons. The summed E-state index contributed by atoms with van der Waals surface area (Å²) in [6.07, 6.45) is 1.96. The Morgan fingerprint density at radius 3 is 2.45 bits per heavy atom. The molecular formula is C21H24IN5O2. The second kappa shape index (κ2) is 8.40. The highest BCUT2D eigenvalue weighted by Crippen LogP contribution is 2.43. The topological polar surface area (TPSA) is 99.8 Å². The summed E-state index contributed by atoms with van der Waals surface area (Å²) in [6.45, 7) is 2.21. The van der Waals surface area contributed by atoms with Crippen LogP contribution in [0.4, 0.5) is 16.2 Å². The minimum atomic E-state index is -0.780. The molecule has 1 heterocycles. The van der Waals surface area contributed by atoms with E-state index in [0.29, 0.717) is 18.2 Å². The van der Waals surface area contributed by atoms with Gasteiger partial charge in [0.15, 0.2) is 5.96 Å². The van der Waals surface area contributed by atoms with Crippen LogP contribution in [0.5, 0.6) is 0 Å². The van der Waals surface area contributed by atoms with Gasteiger partial charge in [0.05, 0.1) is 12.2 Å². The van der Waals surface area contributed by atoms with Crippen molar-refractivity contribution in [1.82, 2.24) is 5.32 Å². The van der Waals surface area contributed by atoms with Crippen molar-refractivity contribution in [3.63, 3.8) is 0 Å². The molecule has 1 unspecified atom stereocenters. The number of aliphatic imine (C=N–C) groups is 1. The maximum atomic E-state index is 12.8. The lowest BCUT2D eigenvalue weighted by atomic mass is 9.96. The number of nitrogens with zero attached hydrogens (tertiary/aromatic N) is 2. The molecule has 1 atom stereocenters. The number of rotatable bonds is 5. The van der Waals surface area contributed by atoms with E-state index in [4.69, 9.17) is 5.73 Å². The molecule has 3 amide bonds. The second-order valence-electron chi connectivity index (χ2n) is 7.41. The number of carbonyl (C=O) groups excluding carboxylic acids is 2. The van der Waals surface area contributed by atoms with Crippen molar-refractivity contribution >= 4 is 53.2 Å². The number of halogens is 1. The van der Waals surface area contributed by atoms with Crippen LogP contribution in [-0.2, 0) is 11.3 Å². The number of anilines is 2. The van der Waals surface area contributed by atoms with Gasteiger partial charge in [0.25, 0.3) is 5.91 Å². The van der Waals surface area contributed by atoms with Gasteiger partial charge in [-0.15, -0.1) is 24.0 Å². The maximum absolute atomic E-state index is 12.8. The highest BCUT2D eigenvalue weighted by Gasteiger charge is 2.56. The Balaban J connectivity index is 0.00000240. The quantitative estimate of drug-likeness (QED) is 0.251. The number of nitrogens with two attached hydrogens (primary N) is 1. The van der Waals surface area contributed by atoms with Gasteiger partial charge >= 0.3 is 6.03 Å². The lowest BCUT2D eigenvalue weighted by molar-refractivity contribution is -0.122. The second-order valence-corrected chi connectivity index (χ2v) is 7.41. The Kier molecular flexibility index (Phi) is 6.11. The van der Waals surface area contributed by atoms with Crippen LogP contribution >= 0.6 is 24.0 Å². The molecule has 0 bridgehead atoms. The molecule has 2 aliphatic rings. The largest absolute Gasteiger partial charge is 0.370 e. The fourth-order valence-electron chi connectivity index (χ4n) is 3.46. The Bertz CT molecular complexity index is 928. The summed E-state index contributed by atoms with van der Waals surface area (Å²) in [5.41, 5.74) is 7.50. The number of amides is 3. The first-order chi connectivity index (χ1) is 13.5. The van der Waals surface area contributed by atoms with Crippen LogP contribution in [0.15, 0.2) is 59.6 Å². The molecule has 152 valence electrons. The van der Waals surface area contributed by atoms with Gasteiger partial charge in [-0.3, -0.25) is 4.79 Å². The third kappa shape index (κ3) is 4.36. The van der Waals surface area contributed by atoms with Crippen molar-refractivity contribution in [1.29, 1.82) is 0 Å². The SMILES string of the molecule is CC1(C2CC2)NC(=O)N(c2ccc(CN=C(N)Nc3ccccc3)cc2)C1=O.I. The van der Waals surface area contributed by atoms with E-state index >= 15 is 0 Å². The predicted octanol–water partition coefficient (Wildman–Crippen LogP) is 3.46. The van der Waals surface area contributed by atoms with Gasteiger partial charge in [0, 0.05) is 5.69 Å². The van der Waals surface area contributed by atoms with Gasteiger partial charge in [-0.05, 0) is 55.5 Å². The molecule has 0 aromatic heterocycles. The molecule has 1 saturated carbocycles. The number of para-hydroxylation sites is 1. The van der Waals surface area contributed by atoms with Crippen LogP contribution in [0.3, 0.4) is 0 Å². The predicted molar refractivity (Wildman–Crippen MR) is 124 cm³/mol. The lowest BCUT2D eigenvalue weighted by Gasteiger charge is -2.21. The van der Waals surface area contributed by atoms with Crippen LogP contribution in [0.25, 0.3) is 0 Å². The van der Waals surface area contributed by atoms with E-state index in [0.717, 1.165) is 24.1 Å². The minimum Gasteiger partial charge on any atom is -0.370 e. The molecular weight excluding hydrogens is 481 g/mol. The summed E-state index contributed by atoms with van der Waals surface area (Å²) < 4.78 is 0. The average molecular weight is 505 g/mol. The summed E-state index contributed by atoms with van der Waals surface area (Å²) in [6, 6.07) is 16.4. The van der Waals surface area contributed by atoms with Crippen molar-refractivity contribution in [3.8, 4) is 0 Å². The maximum Gasteiger partial charge on any atom is 0.329 e. The molecule has 2 fully saturated rings. The van der Waals surface area contributed by atoms with Gasteiger partial charge in [-0.2, -0.15) is 0 Å². The number of nitrogens with one attached hydrogen (secondary N) is 2. The molecule has 8 heteroatoms. The van der Waals surface area contributed by atoms with E-state index in [2.05, 4.69) is 15.6 Å². The Morgan fingerprint density at radius 2 is 1.83 bits per heavy atom. The normalized spacial score (nSPS) is 21.6. The van der Waals surface area contributed by atoms with Crippen molar-refractivity contribution in [3.05, 3.63) is 60.2 Å². The summed E-state index contributed by atoms with van der Waals surface area (Å²) >= 11 is 0. The number of guanidine groups is 1. The Morgan fingerprint density at radius 1 is 1.17 bits per heavy atom. The first-order valence-corrected chi connectivity index (χ1v) is 9.35. The molecule has 1 aliphatic carbocycles. The minimum absolute atomic E-state index is 0. The molecule has 1 aliphatic heterocycles. The van der Waals surface area contributed by atoms with Gasteiger partial charge in [-0.1, -0.05) is 30.3 Å². The molecule has 0 spiro atoms. The van der Waals surface area contributed by atoms with Crippen molar-refractivity contribution < 1.29 is 9.59 Å². The zero-order valence-electron chi connectivity index (χ0n) is 16.1. The Labute approximate surface area is 186 Å². The fraction of sp³-hybridized carbons (Fsp3) is 0.286. The molecule has 2 aromatic carbocycles. The molecule has 2 aromatic rings. The third-order valence-electron chi connectivity index (χ3n) is 5.28. The van der Waals surface area contributed by atoms with E-state index in [9.17, 15) is 9.59 Å². The highest BCUT2D eigenvalue weighted by atomic mass is 127. The van der Waals surface area contributed by atoms with Crippen LogP contribution in [0.1, 0.15) is 25.3 Å². The molecule has 4 N–H and O–H groups in total. The number of imide groups is 1. The monoisotopic (exact) mass is 505 g/mol. The smallest absolute Gasteiger partial charge is 0.329 e. The van der Waals surface area contributed by atoms with E-state index in [1.165, 1.54) is 4.90 Å². The van der Waals surface area contributed by atoms with Gasteiger partial charge in [0.1, 0.15) is 5.54 Å². The summed E-state index contributed by atoms with van der Waals surface area (Å²) in [5.74, 6) is 0.384. The highest BCUT2D eigenvalue weighted by molar-refractivity contribution is 14.0. The summed E-state index contributed by atoms with van der Waals surface area (Å²) in [4.78, 5) is 30.7. The van der Waals surface area contributed by atoms with E-state index < -0.39 is 5.54 Å². The standard InChI is InChI=1S/C21H23N5O2.HI/c1-21(15-9-10-15)18(27)26(20(28)25-21)17-11-7-14(8-12-17)13-23-19(22)24-16-5-3-2-4-6-16;/h2-8,11-12,15H,9-10,13H2,1H3,(H,25,28)(H3,22,23,24);1H.